The van der Waals surface area contributed by atoms with Gasteiger partial charge in [-0.25, -0.2) is 13.6 Å². The second kappa shape index (κ2) is 11.6. The number of carbonyl (C=O) groups excluding carboxylic acids is 3. The summed E-state index contributed by atoms with van der Waals surface area (Å²) in [6.07, 6.45) is -2.17. The van der Waals surface area contributed by atoms with E-state index < -0.39 is 35.7 Å². The lowest BCUT2D eigenvalue weighted by Gasteiger charge is -2.28. The number of halogens is 2. The van der Waals surface area contributed by atoms with Crippen LogP contribution in [0.25, 0.3) is 0 Å². The van der Waals surface area contributed by atoms with Crippen LogP contribution in [0.1, 0.15) is 27.0 Å². The molecule has 3 N–H and O–H groups in total. The molecule has 10 heteroatoms. The number of benzene rings is 3. The van der Waals surface area contributed by atoms with Crippen LogP contribution in [-0.2, 0) is 29.2 Å². The van der Waals surface area contributed by atoms with Crippen LogP contribution < -0.4 is 11.1 Å². The van der Waals surface area contributed by atoms with Crippen molar-refractivity contribution in [2.24, 2.45) is 5.73 Å². The fraction of sp³-hybridized carbons (Fsp3) is 0.222. The maximum absolute atomic E-state index is 13.8. The van der Waals surface area contributed by atoms with Crippen LogP contribution in [-0.4, -0.2) is 47.0 Å². The maximum atomic E-state index is 13.8. The number of hydrogen-bond donors (Lipinski definition) is 2. The van der Waals surface area contributed by atoms with E-state index in [4.69, 9.17) is 10.5 Å². The van der Waals surface area contributed by atoms with Gasteiger partial charge in [0.05, 0.1) is 0 Å². The van der Waals surface area contributed by atoms with Gasteiger partial charge in [-0.2, -0.15) is 0 Å². The summed E-state index contributed by atoms with van der Waals surface area (Å²) >= 11 is 0. The number of carbonyl (C=O) groups is 3. The van der Waals surface area contributed by atoms with Gasteiger partial charge in [0, 0.05) is 37.8 Å². The molecule has 192 valence electrons. The summed E-state index contributed by atoms with van der Waals surface area (Å²) in [5.41, 5.74) is 7.81. The van der Waals surface area contributed by atoms with Crippen LogP contribution in [0.15, 0.2) is 72.8 Å². The molecule has 3 amide bonds. The van der Waals surface area contributed by atoms with Crippen molar-refractivity contribution >= 4 is 17.9 Å². The lowest BCUT2D eigenvalue weighted by Crippen LogP contribution is -2.53. The summed E-state index contributed by atoms with van der Waals surface area (Å²) in [5, 5.41) is 2.74. The Labute approximate surface area is 212 Å². The Hall–Kier alpha value is -4.31. The highest BCUT2D eigenvalue weighted by Crippen LogP contribution is 2.21. The van der Waals surface area contributed by atoms with Gasteiger partial charge in [-0.1, -0.05) is 54.6 Å². The molecule has 0 radical (unpaired) electrons. The average molecular weight is 509 g/mol. The first kappa shape index (κ1) is 25.8. The van der Waals surface area contributed by atoms with Crippen molar-refractivity contribution < 1.29 is 27.9 Å². The quantitative estimate of drug-likeness (QED) is 0.510. The van der Waals surface area contributed by atoms with E-state index >= 15 is 0 Å². The Morgan fingerprint density at radius 3 is 2.22 bits per heavy atom. The predicted molar refractivity (Wildman–Crippen MR) is 131 cm³/mol. The summed E-state index contributed by atoms with van der Waals surface area (Å²) < 4.78 is 33.0. The first-order valence-electron chi connectivity index (χ1n) is 11.7. The third kappa shape index (κ3) is 6.28. The summed E-state index contributed by atoms with van der Waals surface area (Å²) in [6, 6.07) is 18.7. The molecule has 0 spiro atoms. The molecular formula is C27H26F2N4O4. The smallest absolute Gasteiger partial charge is 0.412 e. The first-order chi connectivity index (χ1) is 17.9. The van der Waals surface area contributed by atoms with Crippen molar-refractivity contribution in [1.82, 2.24) is 15.1 Å². The minimum Gasteiger partial charge on any atom is -0.444 e. The Kier molecular flexibility index (Phi) is 8.09. The minimum absolute atomic E-state index is 0.00208. The summed E-state index contributed by atoms with van der Waals surface area (Å²) in [5.74, 6) is -3.29. The molecule has 1 aliphatic heterocycles. The molecule has 4 rings (SSSR count). The monoisotopic (exact) mass is 508 g/mol. The molecule has 37 heavy (non-hydrogen) atoms. The molecular weight excluding hydrogens is 482 g/mol. The summed E-state index contributed by atoms with van der Waals surface area (Å²) in [4.78, 5) is 41.7. The number of rotatable bonds is 7. The highest BCUT2D eigenvalue weighted by atomic mass is 19.1. The SMILES string of the molecule is NCc1cccc(CNC(=O)C2N(C(=O)OCc3ccccc3)CCN2C(=O)c2cc(F)cc(F)c2)c1. The Balaban J connectivity index is 1.54. The number of hydrogen-bond acceptors (Lipinski definition) is 5. The van der Waals surface area contributed by atoms with E-state index in [0.717, 1.165) is 38.6 Å². The van der Waals surface area contributed by atoms with Gasteiger partial charge in [-0.05, 0) is 28.8 Å². The number of nitrogens with zero attached hydrogens (tertiary/aromatic N) is 2. The van der Waals surface area contributed by atoms with Crippen LogP contribution in [0.5, 0.6) is 0 Å². The molecule has 1 heterocycles. The van der Waals surface area contributed by atoms with E-state index in [2.05, 4.69) is 5.32 Å². The maximum Gasteiger partial charge on any atom is 0.412 e. The molecule has 1 saturated heterocycles. The number of ether oxygens (including phenoxy) is 1. The number of nitrogens with one attached hydrogen (secondary N) is 1. The minimum atomic E-state index is -1.38. The molecule has 1 aliphatic rings. The topological polar surface area (TPSA) is 105 Å². The zero-order valence-corrected chi connectivity index (χ0v) is 19.9. The zero-order chi connectivity index (χ0) is 26.4. The Bertz CT molecular complexity index is 1270. The fourth-order valence-electron chi connectivity index (χ4n) is 4.11. The fourth-order valence-corrected chi connectivity index (χ4v) is 4.11. The lowest BCUT2D eigenvalue weighted by atomic mass is 10.1. The van der Waals surface area contributed by atoms with Gasteiger partial charge < -0.3 is 20.7 Å². The van der Waals surface area contributed by atoms with E-state index in [9.17, 15) is 23.2 Å². The Morgan fingerprint density at radius 2 is 1.51 bits per heavy atom. The standard InChI is InChI=1S/C27H26F2N4O4/c28-22-12-21(13-23(29)14-22)26(35)32-9-10-33(27(36)37-17-18-5-2-1-3-6-18)25(32)24(34)31-16-20-8-4-7-19(11-20)15-30/h1-8,11-14,25H,9-10,15-17,30H2,(H,31,34). The van der Waals surface area contributed by atoms with Gasteiger partial charge in [0.15, 0.2) is 6.17 Å². The molecule has 0 aliphatic carbocycles. The molecule has 0 saturated carbocycles. The second-order valence-electron chi connectivity index (χ2n) is 8.51. The van der Waals surface area contributed by atoms with E-state index in [-0.39, 0.29) is 31.8 Å². The molecule has 1 atom stereocenters. The average Bonchev–Trinajstić information content (AvgIpc) is 3.35. The molecule has 3 aromatic carbocycles. The van der Waals surface area contributed by atoms with E-state index in [1.165, 1.54) is 0 Å². The van der Waals surface area contributed by atoms with Gasteiger partial charge >= 0.3 is 6.09 Å². The molecule has 0 aromatic heterocycles. The van der Waals surface area contributed by atoms with Gasteiger partial charge in [0.2, 0.25) is 0 Å². The first-order valence-corrected chi connectivity index (χ1v) is 11.7. The van der Waals surface area contributed by atoms with Gasteiger partial charge in [-0.3, -0.25) is 14.5 Å². The molecule has 0 bridgehead atoms. The van der Waals surface area contributed by atoms with Crippen LogP contribution >= 0.6 is 0 Å². The van der Waals surface area contributed by atoms with Crippen molar-refractivity contribution in [3.8, 4) is 0 Å². The second-order valence-corrected chi connectivity index (χ2v) is 8.51. The Morgan fingerprint density at radius 1 is 0.865 bits per heavy atom. The van der Waals surface area contributed by atoms with Crippen molar-refractivity contribution in [1.29, 1.82) is 0 Å². The largest absolute Gasteiger partial charge is 0.444 e. The van der Waals surface area contributed by atoms with E-state index in [0.29, 0.717) is 12.6 Å². The van der Waals surface area contributed by atoms with Gasteiger partial charge in [0.1, 0.15) is 18.2 Å². The molecule has 8 nitrogen and oxygen atoms in total. The normalized spacial score (nSPS) is 14.9. The predicted octanol–water partition coefficient (Wildman–Crippen LogP) is 3.16. The van der Waals surface area contributed by atoms with Crippen molar-refractivity contribution in [2.75, 3.05) is 13.1 Å². The number of nitrogens with two attached hydrogens (primary N) is 1. The van der Waals surface area contributed by atoms with Crippen molar-refractivity contribution in [3.63, 3.8) is 0 Å². The highest BCUT2D eigenvalue weighted by Gasteiger charge is 2.43. The highest BCUT2D eigenvalue weighted by molar-refractivity contribution is 5.99. The molecule has 3 aromatic rings. The van der Waals surface area contributed by atoms with Crippen molar-refractivity contribution in [3.05, 3.63) is 107 Å². The van der Waals surface area contributed by atoms with Gasteiger partial charge in [0.25, 0.3) is 11.8 Å². The lowest BCUT2D eigenvalue weighted by molar-refractivity contribution is -0.128. The van der Waals surface area contributed by atoms with Crippen LogP contribution in [0.2, 0.25) is 0 Å². The summed E-state index contributed by atoms with van der Waals surface area (Å²) in [6.45, 7) is 0.389. The molecule has 1 unspecified atom stereocenters. The van der Waals surface area contributed by atoms with Gasteiger partial charge in [-0.15, -0.1) is 0 Å². The van der Waals surface area contributed by atoms with Crippen molar-refractivity contribution in [2.45, 2.75) is 25.9 Å². The van der Waals surface area contributed by atoms with Crippen LogP contribution in [0.3, 0.4) is 0 Å². The summed E-state index contributed by atoms with van der Waals surface area (Å²) in [7, 11) is 0. The van der Waals surface area contributed by atoms with E-state index in [1.807, 2.05) is 18.2 Å². The van der Waals surface area contributed by atoms with Crippen LogP contribution in [0, 0.1) is 11.6 Å². The zero-order valence-electron chi connectivity index (χ0n) is 19.9. The third-order valence-corrected chi connectivity index (χ3v) is 5.91. The van der Waals surface area contributed by atoms with Crippen LogP contribution in [0.4, 0.5) is 13.6 Å². The number of amides is 3. The third-order valence-electron chi connectivity index (χ3n) is 5.91. The molecule has 1 fully saturated rings. The van der Waals surface area contributed by atoms with E-state index in [1.54, 1.807) is 36.4 Å².